The van der Waals surface area contributed by atoms with Crippen molar-refractivity contribution in [2.24, 2.45) is 7.05 Å². The minimum absolute atomic E-state index is 0.707. The zero-order valence-electron chi connectivity index (χ0n) is 13.5. The molecule has 0 N–H and O–H groups in total. The maximum Gasteiger partial charge on any atom is 0.148 e. The topological polar surface area (TPSA) is 49.2 Å². The van der Waals surface area contributed by atoms with Gasteiger partial charge in [-0.1, -0.05) is 0 Å². The SMILES string of the molecule is COc1cc(OC)c2nc(-c3cnc(C)n3C)cc(C)c2c1. The van der Waals surface area contributed by atoms with Crippen molar-refractivity contribution in [1.29, 1.82) is 0 Å². The van der Waals surface area contributed by atoms with Crippen molar-refractivity contribution < 1.29 is 9.47 Å². The molecule has 0 aliphatic rings. The monoisotopic (exact) mass is 297 g/mol. The summed E-state index contributed by atoms with van der Waals surface area (Å²) in [6.45, 7) is 4.04. The van der Waals surface area contributed by atoms with E-state index < -0.39 is 0 Å². The van der Waals surface area contributed by atoms with Gasteiger partial charge in [0.05, 0.1) is 31.8 Å². The highest BCUT2D eigenvalue weighted by atomic mass is 16.5. The lowest BCUT2D eigenvalue weighted by Crippen LogP contribution is -1.98. The van der Waals surface area contributed by atoms with Crippen LogP contribution in [0.5, 0.6) is 11.5 Å². The molecule has 0 saturated carbocycles. The average molecular weight is 297 g/mol. The van der Waals surface area contributed by atoms with Gasteiger partial charge in [0.15, 0.2) is 0 Å². The molecule has 5 nitrogen and oxygen atoms in total. The summed E-state index contributed by atoms with van der Waals surface area (Å²) in [6, 6.07) is 5.91. The van der Waals surface area contributed by atoms with Crippen LogP contribution in [0.4, 0.5) is 0 Å². The van der Waals surface area contributed by atoms with E-state index in [1.54, 1.807) is 14.2 Å². The Balaban J connectivity index is 2.30. The fourth-order valence-electron chi connectivity index (χ4n) is 2.58. The summed E-state index contributed by atoms with van der Waals surface area (Å²) in [4.78, 5) is 9.13. The molecule has 0 atom stereocenters. The summed E-state index contributed by atoms with van der Waals surface area (Å²) in [5.41, 5.74) is 3.82. The van der Waals surface area contributed by atoms with Gasteiger partial charge in [-0.15, -0.1) is 0 Å². The molecule has 0 spiro atoms. The lowest BCUT2D eigenvalue weighted by atomic mass is 10.1. The molecule has 0 fully saturated rings. The second-order valence-electron chi connectivity index (χ2n) is 5.30. The minimum Gasteiger partial charge on any atom is -0.497 e. The first-order chi connectivity index (χ1) is 10.5. The predicted octanol–water partition coefficient (Wildman–Crippen LogP) is 3.27. The molecular weight excluding hydrogens is 278 g/mol. The van der Waals surface area contributed by atoms with Crippen LogP contribution in [0.3, 0.4) is 0 Å². The molecule has 0 bridgehead atoms. The number of hydrogen-bond acceptors (Lipinski definition) is 4. The molecule has 0 unspecified atom stereocenters. The third-order valence-corrected chi connectivity index (χ3v) is 4.00. The fourth-order valence-corrected chi connectivity index (χ4v) is 2.58. The Hall–Kier alpha value is -2.56. The van der Waals surface area contributed by atoms with E-state index in [0.717, 1.165) is 39.4 Å². The van der Waals surface area contributed by atoms with Crippen molar-refractivity contribution in [3.63, 3.8) is 0 Å². The number of aryl methyl sites for hydroxylation is 2. The van der Waals surface area contributed by atoms with E-state index in [0.29, 0.717) is 5.75 Å². The first-order valence-electron chi connectivity index (χ1n) is 7.07. The maximum atomic E-state index is 5.49. The standard InChI is InChI=1S/C17H19N3O2/c1-10-6-14(15-9-18-11(2)20(15)3)19-17-13(10)7-12(21-4)8-16(17)22-5/h6-9H,1-5H3. The highest BCUT2D eigenvalue weighted by Crippen LogP contribution is 2.34. The number of rotatable bonds is 3. The average Bonchev–Trinajstić information content (AvgIpc) is 2.86. The van der Waals surface area contributed by atoms with E-state index in [-0.39, 0.29) is 0 Å². The number of aromatic nitrogens is 3. The van der Waals surface area contributed by atoms with Crippen LogP contribution in [-0.4, -0.2) is 28.8 Å². The molecule has 1 aromatic carbocycles. The van der Waals surface area contributed by atoms with Crippen LogP contribution in [0, 0.1) is 13.8 Å². The number of fused-ring (bicyclic) bond motifs is 1. The van der Waals surface area contributed by atoms with Gasteiger partial charge in [-0.2, -0.15) is 0 Å². The van der Waals surface area contributed by atoms with Crippen LogP contribution >= 0.6 is 0 Å². The number of pyridine rings is 1. The van der Waals surface area contributed by atoms with E-state index in [2.05, 4.69) is 18.0 Å². The lowest BCUT2D eigenvalue weighted by Gasteiger charge is -2.12. The Morgan fingerprint density at radius 1 is 1.05 bits per heavy atom. The van der Waals surface area contributed by atoms with E-state index in [4.69, 9.17) is 14.5 Å². The van der Waals surface area contributed by atoms with Crippen LogP contribution in [0.1, 0.15) is 11.4 Å². The Labute approximate surface area is 129 Å². The van der Waals surface area contributed by atoms with E-state index in [9.17, 15) is 0 Å². The largest absolute Gasteiger partial charge is 0.497 e. The molecule has 0 amide bonds. The smallest absolute Gasteiger partial charge is 0.148 e. The number of nitrogens with zero attached hydrogens (tertiary/aromatic N) is 3. The van der Waals surface area contributed by atoms with Gasteiger partial charge in [0.25, 0.3) is 0 Å². The molecular formula is C17H19N3O2. The molecule has 2 aromatic heterocycles. The summed E-state index contributed by atoms with van der Waals surface area (Å²) in [5.74, 6) is 2.42. The van der Waals surface area contributed by atoms with E-state index in [1.807, 2.05) is 36.9 Å². The summed E-state index contributed by atoms with van der Waals surface area (Å²) in [5, 5.41) is 1.03. The van der Waals surface area contributed by atoms with Crippen molar-refractivity contribution in [2.75, 3.05) is 14.2 Å². The van der Waals surface area contributed by atoms with Crippen LogP contribution in [-0.2, 0) is 7.05 Å². The molecule has 3 rings (SSSR count). The molecule has 22 heavy (non-hydrogen) atoms. The number of hydrogen-bond donors (Lipinski definition) is 0. The highest BCUT2D eigenvalue weighted by Gasteiger charge is 2.14. The van der Waals surface area contributed by atoms with Crippen molar-refractivity contribution >= 4 is 10.9 Å². The summed E-state index contributed by atoms with van der Waals surface area (Å²) in [6.07, 6.45) is 1.85. The van der Waals surface area contributed by atoms with Gasteiger partial charge in [-0.25, -0.2) is 9.97 Å². The number of imidazole rings is 1. The molecule has 0 saturated heterocycles. The van der Waals surface area contributed by atoms with Gasteiger partial charge >= 0.3 is 0 Å². The highest BCUT2D eigenvalue weighted by molar-refractivity contribution is 5.90. The number of ether oxygens (including phenoxy) is 2. The van der Waals surface area contributed by atoms with Crippen molar-refractivity contribution in [3.05, 3.63) is 35.8 Å². The third-order valence-electron chi connectivity index (χ3n) is 4.00. The van der Waals surface area contributed by atoms with Gasteiger partial charge in [-0.05, 0) is 31.5 Å². The van der Waals surface area contributed by atoms with E-state index >= 15 is 0 Å². The van der Waals surface area contributed by atoms with Crippen LogP contribution in [0.15, 0.2) is 24.4 Å². The molecule has 0 aliphatic carbocycles. The quantitative estimate of drug-likeness (QED) is 0.744. The van der Waals surface area contributed by atoms with Gasteiger partial charge in [0.2, 0.25) is 0 Å². The van der Waals surface area contributed by atoms with Gasteiger partial charge in [0, 0.05) is 18.5 Å². The summed E-state index contributed by atoms with van der Waals surface area (Å²) in [7, 11) is 5.28. The second-order valence-corrected chi connectivity index (χ2v) is 5.30. The number of methoxy groups -OCH3 is 2. The lowest BCUT2D eigenvalue weighted by molar-refractivity contribution is 0.397. The van der Waals surface area contributed by atoms with Gasteiger partial charge in [-0.3, -0.25) is 0 Å². The predicted molar refractivity (Wildman–Crippen MR) is 86.5 cm³/mol. The Morgan fingerprint density at radius 3 is 2.41 bits per heavy atom. The Bertz CT molecular complexity index is 853. The third kappa shape index (κ3) is 2.19. The molecule has 114 valence electrons. The van der Waals surface area contributed by atoms with Gasteiger partial charge in [0.1, 0.15) is 22.8 Å². The van der Waals surface area contributed by atoms with Crippen LogP contribution in [0.2, 0.25) is 0 Å². The summed E-state index contributed by atoms with van der Waals surface area (Å²) < 4.78 is 12.9. The molecule has 0 aliphatic heterocycles. The van der Waals surface area contributed by atoms with Crippen LogP contribution < -0.4 is 9.47 Å². The molecule has 2 heterocycles. The van der Waals surface area contributed by atoms with Gasteiger partial charge < -0.3 is 14.0 Å². The minimum atomic E-state index is 0.707. The van der Waals surface area contributed by atoms with E-state index in [1.165, 1.54) is 0 Å². The fraction of sp³-hybridized carbons (Fsp3) is 0.294. The summed E-state index contributed by atoms with van der Waals surface area (Å²) >= 11 is 0. The second kappa shape index (κ2) is 5.33. The zero-order chi connectivity index (χ0) is 15.9. The normalized spacial score (nSPS) is 11.0. The first-order valence-corrected chi connectivity index (χ1v) is 7.07. The van der Waals surface area contributed by atoms with Crippen molar-refractivity contribution in [2.45, 2.75) is 13.8 Å². The van der Waals surface area contributed by atoms with Crippen molar-refractivity contribution in [3.8, 4) is 22.9 Å². The number of benzene rings is 1. The molecule has 0 radical (unpaired) electrons. The maximum absolute atomic E-state index is 5.49. The first kappa shape index (κ1) is 14.4. The zero-order valence-corrected chi connectivity index (χ0v) is 13.5. The van der Waals surface area contributed by atoms with Crippen LogP contribution in [0.25, 0.3) is 22.3 Å². The molecule has 5 heteroatoms. The Morgan fingerprint density at radius 2 is 1.82 bits per heavy atom. The Kier molecular flexibility index (Phi) is 3.48. The van der Waals surface area contributed by atoms with Crippen molar-refractivity contribution in [1.82, 2.24) is 14.5 Å². The molecule has 3 aromatic rings.